The maximum Gasteiger partial charge on any atom is 0.166 e. The van der Waals surface area contributed by atoms with Crippen molar-refractivity contribution in [2.45, 2.75) is 39.2 Å². The van der Waals surface area contributed by atoms with E-state index in [0.29, 0.717) is 16.3 Å². The van der Waals surface area contributed by atoms with Gasteiger partial charge in [-0.2, -0.15) is 0 Å². The minimum atomic E-state index is -0.509. The summed E-state index contributed by atoms with van der Waals surface area (Å²) >= 11 is 6.14. The summed E-state index contributed by atoms with van der Waals surface area (Å²) in [6, 6.07) is 5.88. The number of nitrogens with two attached hydrogens (primary N) is 1. The van der Waals surface area contributed by atoms with Crippen molar-refractivity contribution in [3.05, 3.63) is 58.5 Å². The van der Waals surface area contributed by atoms with Crippen molar-refractivity contribution in [3.8, 4) is 5.75 Å². The van der Waals surface area contributed by atoms with E-state index in [9.17, 15) is 4.39 Å². The van der Waals surface area contributed by atoms with E-state index in [1.807, 2.05) is 6.08 Å². The Labute approximate surface area is 158 Å². The van der Waals surface area contributed by atoms with E-state index in [-0.39, 0.29) is 11.6 Å². The van der Waals surface area contributed by atoms with Gasteiger partial charge in [-0.05, 0) is 43.2 Å². The summed E-state index contributed by atoms with van der Waals surface area (Å²) in [7, 11) is 0. The molecule has 6 heteroatoms. The van der Waals surface area contributed by atoms with E-state index in [2.05, 4.69) is 11.9 Å². The quantitative estimate of drug-likeness (QED) is 0.451. The summed E-state index contributed by atoms with van der Waals surface area (Å²) in [5, 5.41) is 8.05. The normalized spacial score (nSPS) is 12.7. The third-order valence-electron chi connectivity index (χ3n) is 3.99. The molecule has 1 unspecified atom stereocenters. The molecule has 3 N–H and O–H groups in total. The number of benzene rings is 1. The average Bonchev–Trinajstić information content (AvgIpc) is 2.63. The van der Waals surface area contributed by atoms with Gasteiger partial charge in [0.15, 0.2) is 11.6 Å². The molecule has 0 aliphatic carbocycles. The number of aromatic nitrogens is 1. The second kappa shape index (κ2) is 9.34. The highest BCUT2D eigenvalue weighted by Gasteiger charge is 2.15. The Bertz CT molecular complexity index is 808. The first kappa shape index (κ1) is 19.9. The fourth-order valence-electron chi connectivity index (χ4n) is 2.51. The molecule has 0 spiro atoms. The molecule has 2 aromatic rings. The summed E-state index contributed by atoms with van der Waals surface area (Å²) < 4.78 is 19.4. The van der Waals surface area contributed by atoms with Crippen LogP contribution < -0.4 is 10.5 Å². The smallest absolute Gasteiger partial charge is 0.166 e. The van der Waals surface area contributed by atoms with Crippen LogP contribution >= 0.6 is 11.6 Å². The molecule has 0 aliphatic heterocycles. The lowest BCUT2D eigenvalue weighted by Gasteiger charge is -2.18. The van der Waals surface area contributed by atoms with E-state index >= 15 is 0 Å². The molecule has 4 nitrogen and oxygen atoms in total. The fourth-order valence-corrected chi connectivity index (χ4v) is 2.78. The van der Waals surface area contributed by atoms with Gasteiger partial charge in [-0.3, -0.25) is 0 Å². The van der Waals surface area contributed by atoms with Crippen LogP contribution in [0.5, 0.6) is 5.75 Å². The highest BCUT2D eigenvalue weighted by atomic mass is 35.5. The van der Waals surface area contributed by atoms with Crippen LogP contribution in [0.1, 0.15) is 50.3 Å². The summed E-state index contributed by atoms with van der Waals surface area (Å²) in [6.45, 7) is 3.88. The molecular formula is C20H23ClFN3O. The van der Waals surface area contributed by atoms with Crippen LogP contribution in [0, 0.1) is 11.2 Å². The second-order valence-corrected chi connectivity index (χ2v) is 6.39. The Morgan fingerprint density at radius 2 is 2.19 bits per heavy atom. The molecule has 0 bridgehead atoms. The van der Waals surface area contributed by atoms with Crippen molar-refractivity contribution in [1.29, 1.82) is 5.41 Å². The van der Waals surface area contributed by atoms with Crippen LogP contribution in [0.2, 0.25) is 5.02 Å². The zero-order valence-electron chi connectivity index (χ0n) is 14.9. The molecule has 0 aliphatic rings. The number of ether oxygens (including phenoxy) is 1. The number of allylic oxidation sites excluding steroid dienone is 2. The number of nitrogen functional groups attached to an aromatic ring is 1. The van der Waals surface area contributed by atoms with Gasteiger partial charge >= 0.3 is 0 Å². The molecule has 0 amide bonds. The average molecular weight is 376 g/mol. The maximum atomic E-state index is 13.5. The van der Waals surface area contributed by atoms with Crippen molar-refractivity contribution in [2.24, 2.45) is 0 Å². The predicted octanol–water partition coefficient (Wildman–Crippen LogP) is 5.82. The maximum absolute atomic E-state index is 13.5. The van der Waals surface area contributed by atoms with Crippen LogP contribution in [0.15, 0.2) is 36.5 Å². The number of halogens is 2. The molecule has 1 atom stereocenters. The molecule has 138 valence electrons. The van der Waals surface area contributed by atoms with E-state index in [1.54, 1.807) is 19.2 Å². The van der Waals surface area contributed by atoms with Crippen molar-refractivity contribution in [1.82, 2.24) is 4.98 Å². The Morgan fingerprint density at radius 1 is 1.42 bits per heavy atom. The second-order valence-electron chi connectivity index (χ2n) is 5.98. The molecule has 1 aromatic carbocycles. The largest absolute Gasteiger partial charge is 0.482 e. The first-order valence-corrected chi connectivity index (χ1v) is 8.92. The van der Waals surface area contributed by atoms with Crippen molar-refractivity contribution in [3.63, 3.8) is 0 Å². The third kappa shape index (κ3) is 5.05. The van der Waals surface area contributed by atoms with Crippen molar-refractivity contribution < 1.29 is 9.13 Å². The fraction of sp³-hybridized carbons (Fsp3) is 0.300. The highest BCUT2D eigenvalue weighted by molar-refractivity contribution is 6.31. The number of hydrogen-bond acceptors (Lipinski definition) is 4. The monoisotopic (exact) mass is 375 g/mol. The first-order valence-electron chi connectivity index (χ1n) is 8.54. The van der Waals surface area contributed by atoms with Gasteiger partial charge in [-0.1, -0.05) is 37.4 Å². The van der Waals surface area contributed by atoms with Crippen LogP contribution in [0.25, 0.3) is 5.57 Å². The van der Waals surface area contributed by atoms with E-state index < -0.39 is 6.10 Å². The Kier molecular flexibility index (Phi) is 7.16. The zero-order valence-corrected chi connectivity index (χ0v) is 15.7. The molecule has 0 fully saturated rings. The van der Waals surface area contributed by atoms with Crippen LogP contribution in [0.4, 0.5) is 10.2 Å². The van der Waals surface area contributed by atoms with Crippen LogP contribution in [0.3, 0.4) is 0 Å². The van der Waals surface area contributed by atoms with Gasteiger partial charge in [0.05, 0.1) is 0 Å². The third-order valence-corrected chi connectivity index (χ3v) is 4.34. The summed E-state index contributed by atoms with van der Waals surface area (Å²) in [6.07, 6.45) is 7.42. The Hall–Kier alpha value is -2.40. The number of nitrogens with zero attached hydrogens (tertiary/aromatic N) is 1. The SMILES string of the molecule is CCCC/C=C(\C=N)c1cnc(N)c(OC(C)c2cc(F)ccc2Cl)c1. The van der Waals surface area contributed by atoms with E-state index in [0.717, 1.165) is 30.4 Å². The first-order chi connectivity index (χ1) is 12.5. The summed E-state index contributed by atoms with van der Waals surface area (Å²) in [5.41, 5.74) is 7.96. The van der Waals surface area contributed by atoms with E-state index in [4.69, 9.17) is 27.5 Å². The summed E-state index contributed by atoms with van der Waals surface area (Å²) in [5.74, 6) is 0.217. The molecular weight excluding hydrogens is 353 g/mol. The highest BCUT2D eigenvalue weighted by Crippen LogP contribution is 2.31. The van der Waals surface area contributed by atoms with Gasteiger partial charge in [0.25, 0.3) is 0 Å². The van der Waals surface area contributed by atoms with Crippen LogP contribution in [-0.4, -0.2) is 11.2 Å². The molecule has 1 heterocycles. The Balaban J connectivity index is 2.28. The number of pyridine rings is 1. The topological polar surface area (TPSA) is 72.0 Å². The molecule has 2 rings (SSSR count). The minimum Gasteiger partial charge on any atom is -0.482 e. The number of nitrogens with one attached hydrogen (secondary N) is 1. The number of anilines is 1. The predicted molar refractivity (Wildman–Crippen MR) is 105 cm³/mol. The van der Waals surface area contributed by atoms with Crippen molar-refractivity contribution >= 4 is 29.2 Å². The molecule has 0 radical (unpaired) electrons. The number of unbranched alkanes of at least 4 members (excludes halogenated alkanes) is 2. The van der Waals surface area contributed by atoms with Gasteiger partial charge in [-0.25, -0.2) is 9.37 Å². The van der Waals surface area contributed by atoms with Gasteiger partial charge < -0.3 is 15.9 Å². The number of hydrogen-bond donors (Lipinski definition) is 2. The molecule has 0 saturated heterocycles. The standard InChI is InChI=1S/C20H23ClFN3O/c1-3-4-5-6-14(11-23)15-9-19(20(24)25-12-15)26-13(2)17-10-16(22)7-8-18(17)21/h6-13,23H,3-5H2,1-2H3,(H2,24,25)/b14-6+,23-11?. The van der Waals surface area contributed by atoms with Crippen molar-refractivity contribution in [2.75, 3.05) is 5.73 Å². The van der Waals surface area contributed by atoms with E-state index in [1.165, 1.54) is 24.4 Å². The van der Waals surface area contributed by atoms with Gasteiger partial charge in [0.2, 0.25) is 0 Å². The lowest BCUT2D eigenvalue weighted by Crippen LogP contribution is -2.07. The molecule has 0 saturated carbocycles. The summed E-state index contributed by atoms with van der Waals surface area (Å²) in [4.78, 5) is 4.16. The Morgan fingerprint density at radius 3 is 2.88 bits per heavy atom. The van der Waals surface area contributed by atoms with Gasteiger partial charge in [0, 0.05) is 28.6 Å². The van der Waals surface area contributed by atoms with Gasteiger partial charge in [0.1, 0.15) is 11.9 Å². The zero-order chi connectivity index (χ0) is 19.1. The van der Waals surface area contributed by atoms with Gasteiger partial charge in [-0.15, -0.1) is 0 Å². The lowest BCUT2D eigenvalue weighted by molar-refractivity contribution is 0.227. The molecule has 26 heavy (non-hydrogen) atoms. The lowest BCUT2D eigenvalue weighted by atomic mass is 10.1. The molecule has 1 aromatic heterocycles. The number of rotatable bonds is 8. The van der Waals surface area contributed by atoms with Crippen LogP contribution in [-0.2, 0) is 0 Å². The minimum absolute atomic E-state index is 0.228.